The molecule has 2 heterocycles. The molecular formula is C26H26N4O4. The highest BCUT2D eigenvalue weighted by Gasteiger charge is 2.18. The molecule has 0 saturated heterocycles. The van der Waals surface area contributed by atoms with Crippen molar-refractivity contribution in [2.45, 2.75) is 20.4 Å². The van der Waals surface area contributed by atoms with E-state index in [2.05, 4.69) is 20.3 Å². The number of nitrogens with zero attached hydrogens (tertiary/aromatic N) is 3. The predicted octanol–water partition coefficient (Wildman–Crippen LogP) is 4.76. The highest BCUT2D eigenvalue weighted by molar-refractivity contribution is 6.01. The topological polar surface area (TPSA) is 95.5 Å². The van der Waals surface area contributed by atoms with Crippen molar-refractivity contribution in [3.63, 3.8) is 0 Å². The monoisotopic (exact) mass is 458 g/mol. The molecule has 0 unspecified atom stereocenters. The Balaban J connectivity index is 1.83. The summed E-state index contributed by atoms with van der Waals surface area (Å²) in [6, 6.07) is 11.2. The van der Waals surface area contributed by atoms with Crippen molar-refractivity contribution in [1.82, 2.24) is 15.0 Å². The van der Waals surface area contributed by atoms with E-state index >= 15 is 0 Å². The Morgan fingerprint density at radius 1 is 0.941 bits per heavy atom. The number of nitrogens with one attached hydrogen (secondary N) is 1. The number of carbonyl (C=O) groups is 1. The van der Waals surface area contributed by atoms with Crippen LogP contribution in [0, 0.1) is 13.8 Å². The Morgan fingerprint density at radius 2 is 1.74 bits per heavy atom. The molecule has 0 aliphatic rings. The number of methoxy groups -OCH3 is 3. The molecule has 0 atom stereocenters. The summed E-state index contributed by atoms with van der Waals surface area (Å²) >= 11 is 0. The summed E-state index contributed by atoms with van der Waals surface area (Å²) in [4.78, 5) is 25.4. The zero-order valence-electron chi connectivity index (χ0n) is 19.8. The van der Waals surface area contributed by atoms with E-state index in [1.807, 2.05) is 44.2 Å². The number of ether oxygens (including phenoxy) is 3. The number of hydrogen-bond acceptors (Lipinski definition) is 8. The van der Waals surface area contributed by atoms with Gasteiger partial charge >= 0.3 is 0 Å². The van der Waals surface area contributed by atoms with Crippen molar-refractivity contribution in [3.8, 4) is 28.5 Å². The molecule has 1 N–H and O–H groups in total. The van der Waals surface area contributed by atoms with Gasteiger partial charge in [-0.25, -0.2) is 15.0 Å². The number of aryl methyl sites for hydroxylation is 1. The number of benzene rings is 2. The molecule has 0 spiro atoms. The highest BCUT2D eigenvalue weighted by atomic mass is 16.5. The minimum atomic E-state index is 0.295. The van der Waals surface area contributed by atoms with E-state index in [0.717, 1.165) is 34.3 Å². The number of rotatable bonds is 8. The maximum absolute atomic E-state index is 11.8. The third kappa shape index (κ3) is 4.22. The fraction of sp³-hybridized carbons (Fsp3) is 0.231. The van der Waals surface area contributed by atoms with Gasteiger partial charge in [0.2, 0.25) is 0 Å². The van der Waals surface area contributed by atoms with E-state index in [0.29, 0.717) is 46.2 Å². The normalized spacial score (nSPS) is 10.7. The zero-order chi connectivity index (χ0) is 24.2. The quantitative estimate of drug-likeness (QED) is 0.378. The molecule has 0 aliphatic carbocycles. The molecule has 0 aliphatic heterocycles. The second-order valence-electron chi connectivity index (χ2n) is 7.75. The molecule has 174 valence electrons. The van der Waals surface area contributed by atoms with Gasteiger partial charge in [-0.2, -0.15) is 0 Å². The Labute approximate surface area is 197 Å². The van der Waals surface area contributed by atoms with Crippen molar-refractivity contribution in [1.29, 1.82) is 0 Å². The Bertz CT molecular complexity index is 1370. The van der Waals surface area contributed by atoms with Crippen LogP contribution in [0.1, 0.15) is 27.2 Å². The van der Waals surface area contributed by atoms with E-state index < -0.39 is 0 Å². The maximum Gasteiger partial charge on any atom is 0.168 e. The van der Waals surface area contributed by atoms with Gasteiger partial charge in [-0.1, -0.05) is 6.07 Å². The number of pyridine rings is 1. The van der Waals surface area contributed by atoms with Crippen molar-refractivity contribution in [3.05, 3.63) is 65.1 Å². The minimum absolute atomic E-state index is 0.295. The second kappa shape index (κ2) is 9.74. The van der Waals surface area contributed by atoms with Gasteiger partial charge in [-0.3, -0.25) is 4.79 Å². The average Bonchev–Trinajstić information content (AvgIpc) is 2.87. The first-order valence-corrected chi connectivity index (χ1v) is 10.7. The smallest absolute Gasteiger partial charge is 0.168 e. The largest absolute Gasteiger partial charge is 0.497 e. The molecule has 0 radical (unpaired) electrons. The summed E-state index contributed by atoms with van der Waals surface area (Å²) in [5.41, 5.74) is 5.30. The summed E-state index contributed by atoms with van der Waals surface area (Å²) in [5, 5.41) is 4.06. The summed E-state index contributed by atoms with van der Waals surface area (Å²) in [7, 11) is 4.86. The van der Waals surface area contributed by atoms with Crippen LogP contribution in [0.25, 0.3) is 22.2 Å². The van der Waals surface area contributed by atoms with Crippen LogP contribution >= 0.6 is 0 Å². The van der Waals surface area contributed by atoms with Crippen molar-refractivity contribution in [2.75, 3.05) is 26.6 Å². The van der Waals surface area contributed by atoms with Crippen LogP contribution in [-0.2, 0) is 6.54 Å². The van der Waals surface area contributed by atoms with E-state index in [9.17, 15) is 4.79 Å². The second-order valence-corrected chi connectivity index (χ2v) is 7.75. The molecule has 2 aromatic carbocycles. The lowest BCUT2D eigenvalue weighted by Crippen LogP contribution is -2.06. The van der Waals surface area contributed by atoms with E-state index in [-0.39, 0.29) is 0 Å². The lowest BCUT2D eigenvalue weighted by Gasteiger charge is -2.16. The van der Waals surface area contributed by atoms with Crippen molar-refractivity contribution >= 4 is 23.0 Å². The van der Waals surface area contributed by atoms with Gasteiger partial charge in [0.1, 0.15) is 40.6 Å². The first kappa shape index (κ1) is 23.0. The van der Waals surface area contributed by atoms with Crippen LogP contribution in [-0.4, -0.2) is 42.6 Å². The number of carbonyl (C=O) groups excluding carboxylic acids is 1. The minimum Gasteiger partial charge on any atom is -0.497 e. The van der Waals surface area contributed by atoms with Gasteiger partial charge < -0.3 is 19.5 Å². The van der Waals surface area contributed by atoms with E-state index in [4.69, 9.17) is 14.2 Å². The molecule has 0 bridgehead atoms. The summed E-state index contributed by atoms with van der Waals surface area (Å²) in [5.74, 6) is 2.74. The molecule has 34 heavy (non-hydrogen) atoms. The molecule has 0 saturated carbocycles. The van der Waals surface area contributed by atoms with Gasteiger partial charge in [0, 0.05) is 34.7 Å². The maximum atomic E-state index is 11.8. The van der Waals surface area contributed by atoms with Crippen LogP contribution in [0.2, 0.25) is 0 Å². The lowest BCUT2D eigenvalue weighted by atomic mass is 9.97. The lowest BCUT2D eigenvalue weighted by molar-refractivity contribution is 0.111. The standard InChI is InChI=1S/C26H26N4O4/c1-15-6-9-21(33-4)16(2)23(15)25-24-20(10-18(13-31)30-25)26(29-14-28-24)27-12-17-7-8-19(32-3)11-22(17)34-5/h6-11,13-14H,12H2,1-5H3,(H,27,28,29). The third-order valence-corrected chi connectivity index (χ3v) is 5.78. The van der Waals surface area contributed by atoms with Crippen LogP contribution < -0.4 is 19.5 Å². The first-order chi connectivity index (χ1) is 16.5. The van der Waals surface area contributed by atoms with Crippen LogP contribution in [0.3, 0.4) is 0 Å². The number of fused-ring (bicyclic) bond motifs is 1. The molecule has 0 amide bonds. The fourth-order valence-electron chi connectivity index (χ4n) is 4.05. The van der Waals surface area contributed by atoms with E-state index in [1.54, 1.807) is 27.4 Å². The summed E-state index contributed by atoms with van der Waals surface area (Å²) in [6.07, 6.45) is 2.23. The molecule has 4 rings (SSSR count). The zero-order valence-corrected chi connectivity index (χ0v) is 19.8. The molecule has 8 heteroatoms. The summed E-state index contributed by atoms with van der Waals surface area (Å²) < 4.78 is 16.3. The number of aromatic nitrogens is 3. The van der Waals surface area contributed by atoms with Crippen LogP contribution in [0.4, 0.5) is 5.82 Å². The highest BCUT2D eigenvalue weighted by Crippen LogP contribution is 2.36. The molecule has 0 fully saturated rings. The van der Waals surface area contributed by atoms with Gasteiger partial charge in [0.25, 0.3) is 0 Å². The number of hydrogen-bond donors (Lipinski definition) is 1. The number of aldehydes is 1. The average molecular weight is 459 g/mol. The van der Waals surface area contributed by atoms with Crippen molar-refractivity contribution < 1.29 is 19.0 Å². The SMILES string of the molecule is COc1ccc(CNc2ncnc3c(-c4c(C)ccc(OC)c4C)nc(C=O)cc23)c(OC)c1. The van der Waals surface area contributed by atoms with Crippen molar-refractivity contribution in [2.24, 2.45) is 0 Å². The molecule has 4 aromatic rings. The first-order valence-electron chi connectivity index (χ1n) is 10.7. The Morgan fingerprint density at radius 3 is 2.44 bits per heavy atom. The van der Waals surface area contributed by atoms with E-state index in [1.165, 1.54) is 6.33 Å². The van der Waals surface area contributed by atoms with Gasteiger partial charge in [0.15, 0.2) is 6.29 Å². The Kier molecular flexibility index (Phi) is 6.58. The van der Waals surface area contributed by atoms with Gasteiger partial charge in [-0.05, 0) is 43.7 Å². The van der Waals surface area contributed by atoms with Gasteiger partial charge in [0.05, 0.1) is 27.0 Å². The third-order valence-electron chi connectivity index (χ3n) is 5.78. The van der Waals surface area contributed by atoms with Crippen LogP contribution in [0.15, 0.2) is 42.7 Å². The molecular weight excluding hydrogens is 432 g/mol. The fourth-order valence-corrected chi connectivity index (χ4v) is 4.05. The number of anilines is 1. The van der Waals surface area contributed by atoms with Crippen LogP contribution in [0.5, 0.6) is 17.2 Å². The predicted molar refractivity (Wildman–Crippen MR) is 131 cm³/mol. The summed E-state index contributed by atoms with van der Waals surface area (Å²) in [6.45, 7) is 4.42. The molecule has 8 nitrogen and oxygen atoms in total. The van der Waals surface area contributed by atoms with Gasteiger partial charge in [-0.15, -0.1) is 0 Å². The Hall–Kier alpha value is -4.20. The molecule has 2 aromatic heterocycles.